The fraction of sp³-hybridized carbons (Fsp3) is 1.00. The van der Waals surface area contributed by atoms with Gasteiger partial charge in [-0.05, 0) is 48.6 Å². The predicted octanol–water partition coefficient (Wildman–Crippen LogP) is 3.04. The lowest BCUT2D eigenvalue weighted by Crippen LogP contribution is -2.44. The van der Waals surface area contributed by atoms with E-state index in [2.05, 4.69) is 45.3 Å². The van der Waals surface area contributed by atoms with E-state index < -0.39 is 0 Å². The number of piperidine rings is 1. The van der Waals surface area contributed by atoms with Crippen LogP contribution in [0, 0.1) is 22.7 Å². The molecule has 0 aromatic heterocycles. The summed E-state index contributed by atoms with van der Waals surface area (Å²) in [6, 6.07) is 0.702. The third kappa shape index (κ3) is 2.60. The lowest BCUT2D eigenvalue weighted by Gasteiger charge is -2.30. The van der Waals surface area contributed by atoms with Crippen LogP contribution in [0.3, 0.4) is 0 Å². The first-order valence-electron chi connectivity index (χ1n) is 7.83. The summed E-state index contributed by atoms with van der Waals surface area (Å²) < 4.78 is 0. The SMILES string of the molecule is CCC1CCNC(CNCC2C(C)(C)C2(C)C)C1. The predicted molar refractivity (Wildman–Crippen MR) is 78.7 cm³/mol. The Morgan fingerprint density at radius 2 is 1.78 bits per heavy atom. The van der Waals surface area contributed by atoms with Crippen LogP contribution in [0.15, 0.2) is 0 Å². The maximum atomic E-state index is 3.71. The number of hydrogen-bond acceptors (Lipinski definition) is 2. The Kier molecular flexibility index (Phi) is 4.08. The van der Waals surface area contributed by atoms with Gasteiger partial charge >= 0.3 is 0 Å². The molecule has 2 fully saturated rings. The van der Waals surface area contributed by atoms with Gasteiger partial charge in [0.15, 0.2) is 0 Å². The third-order valence-corrected chi connectivity index (χ3v) is 6.24. The molecule has 2 unspecified atom stereocenters. The summed E-state index contributed by atoms with van der Waals surface area (Å²) in [5.74, 6) is 1.79. The second kappa shape index (κ2) is 5.13. The van der Waals surface area contributed by atoms with Gasteiger partial charge in [-0.25, -0.2) is 0 Å². The van der Waals surface area contributed by atoms with E-state index in [0.29, 0.717) is 16.9 Å². The maximum Gasteiger partial charge on any atom is 0.0195 e. The minimum absolute atomic E-state index is 0.520. The molecule has 0 amide bonds. The molecular weight excluding hydrogens is 220 g/mol. The van der Waals surface area contributed by atoms with Gasteiger partial charge in [0.2, 0.25) is 0 Å². The molecular formula is C16H32N2. The van der Waals surface area contributed by atoms with Gasteiger partial charge in [-0.3, -0.25) is 0 Å². The minimum atomic E-state index is 0.520. The van der Waals surface area contributed by atoms with Crippen LogP contribution in [-0.2, 0) is 0 Å². The Balaban J connectivity index is 1.67. The van der Waals surface area contributed by atoms with Crippen LogP contribution in [0.1, 0.15) is 53.9 Å². The smallest absolute Gasteiger partial charge is 0.0195 e. The van der Waals surface area contributed by atoms with Crippen LogP contribution >= 0.6 is 0 Å². The van der Waals surface area contributed by atoms with Crippen molar-refractivity contribution >= 4 is 0 Å². The summed E-state index contributed by atoms with van der Waals surface area (Å²) in [5.41, 5.74) is 1.04. The first kappa shape index (κ1) is 14.3. The van der Waals surface area contributed by atoms with Gasteiger partial charge in [0, 0.05) is 12.6 Å². The Labute approximate surface area is 113 Å². The van der Waals surface area contributed by atoms with E-state index in [-0.39, 0.29) is 0 Å². The number of nitrogens with one attached hydrogen (secondary N) is 2. The molecule has 2 rings (SSSR count). The van der Waals surface area contributed by atoms with E-state index in [1.807, 2.05) is 0 Å². The second-order valence-electron chi connectivity index (χ2n) is 7.60. The van der Waals surface area contributed by atoms with Gasteiger partial charge in [-0.1, -0.05) is 41.0 Å². The molecule has 2 aliphatic rings. The van der Waals surface area contributed by atoms with Gasteiger partial charge < -0.3 is 10.6 Å². The van der Waals surface area contributed by atoms with Crippen LogP contribution in [0.25, 0.3) is 0 Å². The molecule has 0 radical (unpaired) electrons. The normalized spacial score (nSPS) is 34.5. The summed E-state index contributed by atoms with van der Waals surface area (Å²) in [6.45, 7) is 15.5. The van der Waals surface area contributed by atoms with Gasteiger partial charge in [0.05, 0.1) is 0 Å². The number of hydrogen-bond donors (Lipinski definition) is 2. The number of rotatable bonds is 5. The van der Waals surface area contributed by atoms with E-state index in [1.165, 1.54) is 32.4 Å². The lowest BCUT2D eigenvalue weighted by atomic mass is 9.90. The van der Waals surface area contributed by atoms with Crippen molar-refractivity contribution in [2.75, 3.05) is 19.6 Å². The highest BCUT2D eigenvalue weighted by Crippen LogP contribution is 2.67. The monoisotopic (exact) mass is 252 g/mol. The molecule has 2 N–H and O–H groups in total. The molecule has 18 heavy (non-hydrogen) atoms. The highest BCUT2D eigenvalue weighted by molar-refractivity contribution is 5.12. The molecule has 106 valence electrons. The van der Waals surface area contributed by atoms with E-state index in [1.54, 1.807) is 0 Å². The molecule has 2 nitrogen and oxygen atoms in total. The molecule has 1 aliphatic heterocycles. The van der Waals surface area contributed by atoms with Gasteiger partial charge in [0.1, 0.15) is 0 Å². The van der Waals surface area contributed by atoms with Crippen molar-refractivity contribution in [2.24, 2.45) is 22.7 Å². The molecule has 0 aromatic rings. The van der Waals surface area contributed by atoms with Crippen LogP contribution < -0.4 is 10.6 Å². The van der Waals surface area contributed by atoms with Crippen molar-refractivity contribution in [3.8, 4) is 0 Å². The van der Waals surface area contributed by atoms with Crippen LogP contribution in [0.2, 0.25) is 0 Å². The summed E-state index contributed by atoms with van der Waals surface area (Å²) >= 11 is 0. The summed E-state index contributed by atoms with van der Waals surface area (Å²) in [5, 5.41) is 7.37. The molecule has 2 heteroatoms. The average Bonchev–Trinajstić information content (AvgIpc) is 2.72. The molecule has 0 spiro atoms. The Bertz CT molecular complexity index is 269. The zero-order valence-corrected chi connectivity index (χ0v) is 13.0. The van der Waals surface area contributed by atoms with Gasteiger partial charge in [-0.2, -0.15) is 0 Å². The molecule has 1 heterocycles. The van der Waals surface area contributed by atoms with E-state index in [0.717, 1.165) is 18.4 Å². The second-order valence-corrected chi connectivity index (χ2v) is 7.60. The molecule has 2 atom stereocenters. The Hall–Kier alpha value is -0.0800. The highest BCUT2D eigenvalue weighted by atomic mass is 15.0. The van der Waals surface area contributed by atoms with Gasteiger partial charge in [-0.15, -0.1) is 0 Å². The summed E-state index contributed by atoms with van der Waals surface area (Å²) in [7, 11) is 0. The fourth-order valence-electron chi connectivity index (χ4n) is 3.87. The van der Waals surface area contributed by atoms with Crippen molar-refractivity contribution in [3.05, 3.63) is 0 Å². The Morgan fingerprint density at radius 1 is 1.11 bits per heavy atom. The zero-order chi connectivity index (χ0) is 13.4. The van der Waals surface area contributed by atoms with Crippen LogP contribution in [0.5, 0.6) is 0 Å². The van der Waals surface area contributed by atoms with E-state index in [4.69, 9.17) is 0 Å². The van der Waals surface area contributed by atoms with E-state index in [9.17, 15) is 0 Å². The molecule has 1 aliphatic carbocycles. The summed E-state index contributed by atoms with van der Waals surface area (Å²) in [6.07, 6.45) is 4.08. The van der Waals surface area contributed by atoms with Gasteiger partial charge in [0.25, 0.3) is 0 Å². The first-order chi connectivity index (χ1) is 8.39. The van der Waals surface area contributed by atoms with Crippen LogP contribution in [0.4, 0.5) is 0 Å². The molecule has 0 bridgehead atoms. The van der Waals surface area contributed by atoms with Crippen molar-refractivity contribution in [2.45, 2.75) is 59.9 Å². The van der Waals surface area contributed by atoms with E-state index >= 15 is 0 Å². The quantitative estimate of drug-likeness (QED) is 0.786. The van der Waals surface area contributed by atoms with Crippen molar-refractivity contribution < 1.29 is 0 Å². The minimum Gasteiger partial charge on any atom is -0.315 e. The lowest BCUT2D eigenvalue weighted by molar-refractivity contribution is 0.286. The third-order valence-electron chi connectivity index (χ3n) is 6.24. The standard InChI is InChI=1S/C16H32N2/c1-6-12-7-8-18-13(9-12)10-17-11-14-15(2,3)16(14,4)5/h12-14,17-18H,6-11H2,1-5H3. The maximum absolute atomic E-state index is 3.71. The average molecular weight is 252 g/mol. The van der Waals surface area contributed by atoms with Crippen molar-refractivity contribution in [1.82, 2.24) is 10.6 Å². The largest absolute Gasteiger partial charge is 0.315 e. The fourth-order valence-corrected chi connectivity index (χ4v) is 3.87. The Morgan fingerprint density at radius 3 is 2.33 bits per heavy atom. The molecule has 0 aromatic carbocycles. The summed E-state index contributed by atoms with van der Waals surface area (Å²) in [4.78, 5) is 0. The topological polar surface area (TPSA) is 24.1 Å². The highest BCUT2D eigenvalue weighted by Gasteiger charge is 2.63. The zero-order valence-electron chi connectivity index (χ0n) is 13.0. The first-order valence-corrected chi connectivity index (χ1v) is 7.83. The van der Waals surface area contributed by atoms with Crippen molar-refractivity contribution in [3.63, 3.8) is 0 Å². The van der Waals surface area contributed by atoms with Crippen LogP contribution in [-0.4, -0.2) is 25.7 Å². The molecule has 1 saturated heterocycles. The molecule has 1 saturated carbocycles. The van der Waals surface area contributed by atoms with Crippen molar-refractivity contribution in [1.29, 1.82) is 0 Å².